The molecule has 0 radical (unpaired) electrons. The normalized spacial score (nSPS) is 11.3. The molecule has 3 rings (SSSR count). The number of nitrogens with two attached hydrogens (primary N) is 1. The Morgan fingerprint density at radius 3 is 2.59 bits per heavy atom. The molecule has 0 spiro atoms. The number of anilines is 1. The number of ether oxygens (including phenoxy) is 1. The van der Waals surface area contributed by atoms with Crippen molar-refractivity contribution in [3.8, 4) is 22.6 Å². The zero-order valence-corrected chi connectivity index (χ0v) is 16.7. The maximum atomic E-state index is 14.5. The summed E-state index contributed by atoms with van der Waals surface area (Å²) in [6.45, 7) is 5.38. The minimum absolute atomic E-state index is 0.102. The van der Waals surface area contributed by atoms with Crippen LogP contribution in [0.4, 0.5) is 10.2 Å². The predicted octanol–water partition coefficient (Wildman–Crippen LogP) is 4.36. The second-order valence-corrected chi connectivity index (χ2v) is 7.48. The molecule has 29 heavy (non-hydrogen) atoms. The number of hydrogen-bond donors (Lipinski definition) is 2. The molecule has 0 unspecified atom stereocenters. The SMILES string of the molecule is CC(C)(C)OC(=O)CNc1nc(-c2ccco2)cc(-c2ccccc2F)c1CN. The van der Waals surface area contributed by atoms with Gasteiger partial charge in [-0.05, 0) is 50.6 Å². The van der Waals surface area contributed by atoms with Gasteiger partial charge in [-0.3, -0.25) is 4.79 Å². The first-order valence-corrected chi connectivity index (χ1v) is 9.27. The molecule has 0 saturated heterocycles. The van der Waals surface area contributed by atoms with E-state index in [-0.39, 0.29) is 18.9 Å². The van der Waals surface area contributed by atoms with Gasteiger partial charge in [0.1, 0.15) is 29.5 Å². The van der Waals surface area contributed by atoms with Gasteiger partial charge in [0.15, 0.2) is 5.76 Å². The average molecular weight is 397 g/mol. The van der Waals surface area contributed by atoms with Gasteiger partial charge in [0, 0.05) is 17.7 Å². The van der Waals surface area contributed by atoms with Crippen LogP contribution >= 0.6 is 0 Å². The number of furan rings is 1. The molecule has 0 aliphatic heterocycles. The molecular weight excluding hydrogens is 373 g/mol. The van der Waals surface area contributed by atoms with E-state index in [0.717, 1.165) is 0 Å². The van der Waals surface area contributed by atoms with E-state index in [1.54, 1.807) is 57.2 Å². The number of rotatable bonds is 6. The Bertz CT molecular complexity index is 995. The lowest BCUT2D eigenvalue weighted by Crippen LogP contribution is -2.28. The number of benzene rings is 1. The highest BCUT2D eigenvalue weighted by Gasteiger charge is 2.20. The summed E-state index contributed by atoms with van der Waals surface area (Å²) >= 11 is 0. The van der Waals surface area contributed by atoms with Crippen LogP contribution in [0.2, 0.25) is 0 Å². The first kappa shape index (κ1) is 20.5. The van der Waals surface area contributed by atoms with Crippen LogP contribution in [0, 0.1) is 5.82 Å². The van der Waals surface area contributed by atoms with Gasteiger partial charge < -0.3 is 20.2 Å². The Morgan fingerprint density at radius 1 is 1.21 bits per heavy atom. The second-order valence-electron chi connectivity index (χ2n) is 7.48. The van der Waals surface area contributed by atoms with Crippen LogP contribution in [0.25, 0.3) is 22.6 Å². The van der Waals surface area contributed by atoms with Crippen LogP contribution in [0.1, 0.15) is 26.3 Å². The van der Waals surface area contributed by atoms with E-state index in [1.807, 2.05) is 0 Å². The van der Waals surface area contributed by atoms with Gasteiger partial charge in [0.05, 0.1) is 6.26 Å². The molecule has 0 amide bonds. The van der Waals surface area contributed by atoms with Crippen LogP contribution in [-0.4, -0.2) is 23.1 Å². The third kappa shape index (κ3) is 5.00. The van der Waals surface area contributed by atoms with Crippen LogP contribution in [0.3, 0.4) is 0 Å². The molecule has 3 aromatic rings. The van der Waals surface area contributed by atoms with E-state index in [9.17, 15) is 9.18 Å². The third-order valence-electron chi connectivity index (χ3n) is 4.09. The number of carbonyl (C=O) groups excluding carboxylic acids is 1. The lowest BCUT2D eigenvalue weighted by Gasteiger charge is -2.20. The van der Waals surface area contributed by atoms with Crippen molar-refractivity contribution >= 4 is 11.8 Å². The van der Waals surface area contributed by atoms with E-state index in [0.29, 0.717) is 34.0 Å². The number of nitrogens with one attached hydrogen (secondary N) is 1. The maximum Gasteiger partial charge on any atom is 0.325 e. The minimum Gasteiger partial charge on any atom is -0.463 e. The zero-order chi connectivity index (χ0) is 21.0. The number of halogens is 1. The highest BCUT2D eigenvalue weighted by Crippen LogP contribution is 2.34. The lowest BCUT2D eigenvalue weighted by atomic mass is 9.98. The van der Waals surface area contributed by atoms with E-state index in [1.165, 1.54) is 12.3 Å². The summed E-state index contributed by atoms with van der Waals surface area (Å²) in [5.41, 5.74) is 7.44. The zero-order valence-electron chi connectivity index (χ0n) is 16.7. The Hall–Kier alpha value is -3.19. The molecule has 2 heterocycles. The first-order valence-electron chi connectivity index (χ1n) is 9.27. The van der Waals surface area contributed by atoms with Gasteiger partial charge in [-0.1, -0.05) is 18.2 Å². The highest BCUT2D eigenvalue weighted by atomic mass is 19.1. The van der Waals surface area contributed by atoms with Gasteiger partial charge in [0.2, 0.25) is 0 Å². The molecule has 0 fully saturated rings. The van der Waals surface area contributed by atoms with Gasteiger partial charge in [-0.25, -0.2) is 9.37 Å². The summed E-state index contributed by atoms with van der Waals surface area (Å²) in [5.74, 6) is 0.0898. The summed E-state index contributed by atoms with van der Waals surface area (Å²) in [4.78, 5) is 16.7. The maximum absolute atomic E-state index is 14.5. The molecule has 0 atom stereocenters. The van der Waals surface area contributed by atoms with Gasteiger partial charge >= 0.3 is 5.97 Å². The van der Waals surface area contributed by atoms with Crippen molar-refractivity contribution in [2.45, 2.75) is 32.9 Å². The van der Waals surface area contributed by atoms with Crippen molar-refractivity contribution in [1.29, 1.82) is 0 Å². The van der Waals surface area contributed by atoms with Gasteiger partial charge in [0.25, 0.3) is 0 Å². The summed E-state index contributed by atoms with van der Waals surface area (Å²) in [6.07, 6.45) is 1.53. The Balaban J connectivity index is 2.04. The monoisotopic (exact) mass is 397 g/mol. The Labute approximate surface area is 168 Å². The van der Waals surface area contributed by atoms with E-state index < -0.39 is 11.6 Å². The lowest BCUT2D eigenvalue weighted by molar-refractivity contribution is -0.152. The number of pyridine rings is 1. The predicted molar refractivity (Wildman–Crippen MR) is 110 cm³/mol. The minimum atomic E-state index is -0.600. The van der Waals surface area contributed by atoms with Crippen LogP contribution in [0.15, 0.2) is 53.1 Å². The van der Waals surface area contributed by atoms with Crippen molar-refractivity contribution in [1.82, 2.24) is 4.98 Å². The number of aromatic nitrogens is 1. The average Bonchev–Trinajstić information content (AvgIpc) is 3.19. The van der Waals surface area contributed by atoms with E-state index in [4.69, 9.17) is 14.9 Å². The third-order valence-corrected chi connectivity index (χ3v) is 4.09. The molecule has 0 aliphatic carbocycles. The summed E-state index contributed by atoms with van der Waals surface area (Å²) in [6, 6.07) is 11.7. The topological polar surface area (TPSA) is 90.4 Å². The van der Waals surface area contributed by atoms with E-state index in [2.05, 4.69) is 10.3 Å². The van der Waals surface area contributed by atoms with Gasteiger partial charge in [-0.2, -0.15) is 0 Å². The first-order chi connectivity index (χ1) is 13.8. The molecule has 2 aromatic heterocycles. The molecule has 0 bridgehead atoms. The quantitative estimate of drug-likeness (QED) is 0.601. The Kier molecular flexibility index (Phi) is 5.98. The largest absolute Gasteiger partial charge is 0.463 e. The van der Waals surface area contributed by atoms with Crippen LogP contribution in [0.5, 0.6) is 0 Å². The van der Waals surface area contributed by atoms with Crippen molar-refractivity contribution in [3.05, 3.63) is 60.1 Å². The second kappa shape index (κ2) is 8.45. The molecule has 3 N–H and O–H groups in total. The molecule has 6 nitrogen and oxygen atoms in total. The molecule has 152 valence electrons. The molecular formula is C22H24FN3O3. The molecule has 0 aliphatic rings. The summed E-state index contributed by atoms with van der Waals surface area (Å²) < 4.78 is 25.3. The van der Waals surface area contributed by atoms with Crippen LogP contribution in [-0.2, 0) is 16.1 Å². The van der Waals surface area contributed by atoms with Crippen molar-refractivity contribution < 1.29 is 18.3 Å². The summed E-state index contributed by atoms with van der Waals surface area (Å²) in [7, 11) is 0. The number of esters is 1. The fourth-order valence-electron chi connectivity index (χ4n) is 2.93. The van der Waals surface area contributed by atoms with Crippen molar-refractivity contribution in [3.63, 3.8) is 0 Å². The van der Waals surface area contributed by atoms with Gasteiger partial charge in [-0.15, -0.1) is 0 Å². The summed E-state index contributed by atoms with van der Waals surface area (Å²) in [5, 5.41) is 2.99. The smallest absolute Gasteiger partial charge is 0.325 e. The number of hydrogen-bond acceptors (Lipinski definition) is 6. The fraction of sp³-hybridized carbons (Fsp3) is 0.273. The fourth-order valence-corrected chi connectivity index (χ4v) is 2.93. The van der Waals surface area contributed by atoms with Crippen molar-refractivity contribution in [2.75, 3.05) is 11.9 Å². The highest BCUT2D eigenvalue weighted by molar-refractivity contribution is 5.80. The molecule has 7 heteroatoms. The number of carbonyl (C=O) groups is 1. The molecule has 0 saturated carbocycles. The molecule has 1 aromatic carbocycles. The number of nitrogens with zero attached hydrogens (tertiary/aromatic N) is 1. The van der Waals surface area contributed by atoms with E-state index >= 15 is 0 Å². The van der Waals surface area contributed by atoms with Crippen molar-refractivity contribution in [2.24, 2.45) is 5.73 Å². The van der Waals surface area contributed by atoms with Crippen LogP contribution < -0.4 is 11.1 Å². The Morgan fingerprint density at radius 2 is 1.97 bits per heavy atom. The standard InChI is InChI=1S/C22H24FN3O3/c1-22(2,3)29-20(27)13-25-21-16(12-24)15(14-7-4-5-8-17(14)23)11-18(26-21)19-9-6-10-28-19/h4-11H,12-13,24H2,1-3H3,(H,25,26).